The molecular formula is C16H15F2NO. The summed E-state index contributed by atoms with van der Waals surface area (Å²) in [6.07, 6.45) is 0.192. The van der Waals surface area contributed by atoms with Crippen LogP contribution >= 0.6 is 0 Å². The van der Waals surface area contributed by atoms with E-state index in [4.69, 9.17) is 10.5 Å². The summed E-state index contributed by atoms with van der Waals surface area (Å²) in [6.45, 7) is 1.71. The molecule has 0 aliphatic carbocycles. The third kappa shape index (κ3) is 2.27. The molecule has 1 unspecified atom stereocenters. The zero-order valence-electron chi connectivity index (χ0n) is 11.1. The fourth-order valence-electron chi connectivity index (χ4n) is 2.49. The molecule has 1 aliphatic rings. The van der Waals surface area contributed by atoms with E-state index in [1.165, 1.54) is 18.2 Å². The van der Waals surface area contributed by atoms with Gasteiger partial charge in [0.1, 0.15) is 23.5 Å². The van der Waals surface area contributed by atoms with Crippen molar-refractivity contribution in [2.45, 2.75) is 25.5 Å². The van der Waals surface area contributed by atoms with Crippen molar-refractivity contribution in [3.05, 3.63) is 64.7 Å². The van der Waals surface area contributed by atoms with E-state index in [-0.39, 0.29) is 23.8 Å². The van der Waals surface area contributed by atoms with Crippen molar-refractivity contribution >= 4 is 0 Å². The van der Waals surface area contributed by atoms with Gasteiger partial charge < -0.3 is 10.5 Å². The summed E-state index contributed by atoms with van der Waals surface area (Å²) < 4.78 is 32.7. The molecule has 20 heavy (non-hydrogen) atoms. The first-order valence-electron chi connectivity index (χ1n) is 6.52. The quantitative estimate of drug-likeness (QED) is 0.859. The van der Waals surface area contributed by atoms with Crippen LogP contribution in [0.25, 0.3) is 0 Å². The van der Waals surface area contributed by atoms with Crippen molar-refractivity contribution in [2.75, 3.05) is 0 Å². The van der Waals surface area contributed by atoms with Crippen molar-refractivity contribution in [2.24, 2.45) is 5.73 Å². The monoisotopic (exact) mass is 275 g/mol. The van der Waals surface area contributed by atoms with Crippen LogP contribution in [0.1, 0.15) is 35.3 Å². The molecule has 2 aromatic carbocycles. The van der Waals surface area contributed by atoms with Gasteiger partial charge in [-0.3, -0.25) is 0 Å². The van der Waals surface area contributed by atoms with Gasteiger partial charge in [0.2, 0.25) is 0 Å². The maximum atomic E-state index is 13.6. The molecule has 2 N–H and O–H groups in total. The Balaban J connectivity index is 1.94. The van der Waals surface area contributed by atoms with Crippen LogP contribution in [0, 0.1) is 18.6 Å². The lowest BCUT2D eigenvalue weighted by Gasteiger charge is -2.30. The molecular weight excluding hydrogens is 260 g/mol. The predicted octanol–water partition coefficient (Wildman–Crippen LogP) is 3.80. The van der Waals surface area contributed by atoms with Gasteiger partial charge in [-0.25, -0.2) is 8.78 Å². The molecule has 4 heteroatoms. The van der Waals surface area contributed by atoms with Gasteiger partial charge in [0.05, 0.1) is 0 Å². The summed E-state index contributed by atoms with van der Waals surface area (Å²) in [4.78, 5) is 0. The van der Waals surface area contributed by atoms with Gasteiger partial charge >= 0.3 is 0 Å². The Labute approximate surface area is 116 Å². The summed E-state index contributed by atoms with van der Waals surface area (Å²) in [7, 11) is 0. The van der Waals surface area contributed by atoms with Crippen LogP contribution in [0.2, 0.25) is 0 Å². The molecule has 2 aromatic rings. The number of rotatable bonds is 1. The van der Waals surface area contributed by atoms with E-state index in [0.29, 0.717) is 23.3 Å². The number of nitrogens with two attached hydrogens (primary N) is 1. The van der Waals surface area contributed by atoms with E-state index >= 15 is 0 Å². The van der Waals surface area contributed by atoms with Crippen LogP contribution in [0.15, 0.2) is 36.4 Å². The molecule has 0 saturated heterocycles. The number of aryl methyl sites for hydroxylation is 1. The Bertz CT molecular complexity index is 657. The topological polar surface area (TPSA) is 35.2 Å². The Kier molecular flexibility index (Phi) is 3.18. The van der Waals surface area contributed by atoms with Crippen molar-refractivity contribution in [3.8, 4) is 5.75 Å². The van der Waals surface area contributed by atoms with Crippen molar-refractivity contribution in [1.29, 1.82) is 0 Å². The average molecular weight is 275 g/mol. The summed E-state index contributed by atoms with van der Waals surface area (Å²) in [5.74, 6) is -0.0247. The molecule has 104 valence electrons. The zero-order chi connectivity index (χ0) is 14.3. The van der Waals surface area contributed by atoms with Crippen molar-refractivity contribution < 1.29 is 13.5 Å². The highest BCUT2D eigenvalue weighted by Crippen LogP contribution is 2.40. The molecule has 1 aliphatic heterocycles. The minimum Gasteiger partial charge on any atom is -0.485 e. The van der Waals surface area contributed by atoms with Gasteiger partial charge in [-0.1, -0.05) is 12.1 Å². The third-order valence-corrected chi connectivity index (χ3v) is 3.68. The molecule has 0 aromatic heterocycles. The molecule has 2 atom stereocenters. The average Bonchev–Trinajstić information content (AvgIpc) is 2.42. The smallest absolute Gasteiger partial charge is 0.126 e. The van der Waals surface area contributed by atoms with Crippen molar-refractivity contribution in [1.82, 2.24) is 0 Å². The second-order valence-corrected chi connectivity index (χ2v) is 5.14. The minimum atomic E-state index is -0.331. The predicted molar refractivity (Wildman–Crippen MR) is 72.5 cm³/mol. The van der Waals surface area contributed by atoms with E-state index in [1.54, 1.807) is 19.1 Å². The van der Waals surface area contributed by atoms with Crippen LogP contribution in [-0.4, -0.2) is 0 Å². The standard InChI is InChI=1S/C16H15F2NO/c1-9-2-3-10(6-13(9)18)16-8-14(19)12-7-11(17)4-5-15(12)20-16/h2-7,14,16H,8,19H2,1H3/t14-,16?/m1/s1. The number of hydrogen-bond acceptors (Lipinski definition) is 2. The number of hydrogen-bond donors (Lipinski definition) is 1. The highest BCUT2D eigenvalue weighted by atomic mass is 19.1. The summed E-state index contributed by atoms with van der Waals surface area (Å²) in [6, 6.07) is 9.02. The fourth-order valence-corrected chi connectivity index (χ4v) is 2.49. The highest BCUT2D eigenvalue weighted by molar-refractivity contribution is 5.39. The van der Waals surface area contributed by atoms with Crippen LogP contribution in [0.5, 0.6) is 5.75 Å². The Morgan fingerprint density at radius 2 is 1.95 bits per heavy atom. The van der Waals surface area contributed by atoms with Gasteiger partial charge in [0, 0.05) is 18.0 Å². The van der Waals surface area contributed by atoms with Gasteiger partial charge in [0.25, 0.3) is 0 Å². The van der Waals surface area contributed by atoms with E-state index in [1.807, 2.05) is 6.07 Å². The molecule has 0 spiro atoms. The lowest BCUT2D eigenvalue weighted by Crippen LogP contribution is -2.24. The summed E-state index contributed by atoms with van der Waals surface area (Å²) in [5, 5.41) is 0. The Morgan fingerprint density at radius 1 is 1.15 bits per heavy atom. The van der Waals surface area contributed by atoms with Crippen LogP contribution in [0.3, 0.4) is 0 Å². The second kappa shape index (κ2) is 4.87. The number of fused-ring (bicyclic) bond motifs is 1. The van der Waals surface area contributed by atoms with E-state index in [9.17, 15) is 8.78 Å². The summed E-state index contributed by atoms with van der Waals surface area (Å²) >= 11 is 0. The highest BCUT2D eigenvalue weighted by Gasteiger charge is 2.27. The first-order chi connectivity index (χ1) is 9.54. The lowest BCUT2D eigenvalue weighted by atomic mass is 9.93. The van der Waals surface area contributed by atoms with Crippen LogP contribution in [-0.2, 0) is 0 Å². The number of ether oxygens (including phenoxy) is 1. The number of halogens is 2. The maximum absolute atomic E-state index is 13.6. The largest absolute Gasteiger partial charge is 0.485 e. The summed E-state index contributed by atoms with van der Waals surface area (Å²) in [5.41, 5.74) is 8.07. The Morgan fingerprint density at radius 3 is 2.70 bits per heavy atom. The van der Waals surface area contributed by atoms with E-state index < -0.39 is 0 Å². The normalized spacial score (nSPS) is 21.2. The zero-order valence-corrected chi connectivity index (χ0v) is 11.1. The fraction of sp³-hybridized carbons (Fsp3) is 0.250. The first kappa shape index (κ1) is 13.1. The molecule has 0 saturated carbocycles. The Hall–Kier alpha value is -1.94. The molecule has 3 rings (SSSR count). The van der Waals surface area contributed by atoms with E-state index in [0.717, 1.165) is 5.56 Å². The SMILES string of the molecule is Cc1ccc(C2C[C@@H](N)c3cc(F)ccc3O2)cc1F. The molecule has 0 fully saturated rings. The van der Waals surface area contributed by atoms with Gasteiger partial charge in [-0.2, -0.15) is 0 Å². The molecule has 0 bridgehead atoms. The third-order valence-electron chi connectivity index (χ3n) is 3.68. The first-order valence-corrected chi connectivity index (χ1v) is 6.52. The molecule has 0 amide bonds. The van der Waals surface area contributed by atoms with Crippen LogP contribution < -0.4 is 10.5 Å². The van der Waals surface area contributed by atoms with E-state index in [2.05, 4.69) is 0 Å². The maximum Gasteiger partial charge on any atom is 0.126 e. The minimum absolute atomic E-state index is 0.260. The van der Waals surface area contributed by atoms with Gasteiger partial charge in [0.15, 0.2) is 0 Å². The van der Waals surface area contributed by atoms with Gasteiger partial charge in [-0.05, 0) is 42.3 Å². The van der Waals surface area contributed by atoms with Crippen LogP contribution in [0.4, 0.5) is 8.78 Å². The van der Waals surface area contributed by atoms with Gasteiger partial charge in [-0.15, -0.1) is 0 Å². The number of benzene rings is 2. The second-order valence-electron chi connectivity index (χ2n) is 5.14. The lowest BCUT2D eigenvalue weighted by molar-refractivity contribution is 0.160. The molecule has 1 heterocycles. The van der Waals surface area contributed by atoms with Crippen molar-refractivity contribution in [3.63, 3.8) is 0 Å². The molecule has 2 nitrogen and oxygen atoms in total. The molecule has 0 radical (unpaired) electrons.